The molecule has 25 heavy (non-hydrogen) atoms. The molecule has 0 saturated heterocycles. The molecule has 0 spiro atoms. The number of aliphatic hydroxyl groups excluding tert-OH is 1. The number of rotatable bonds is 4. The van der Waals surface area contributed by atoms with Gasteiger partial charge in [-0.15, -0.1) is 0 Å². The van der Waals surface area contributed by atoms with E-state index in [2.05, 4.69) is 15.6 Å². The lowest BCUT2D eigenvalue weighted by Gasteiger charge is -2.35. The Morgan fingerprint density at radius 2 is 2.00 bits per heavy atom. The average molecular weight is 366 g/mol. The molecule has 134 valence electrons. The number of fused-ring (bicyclic) bond motifs is 1. The number of nitrogens with one attached hydrogen (secondary N) is 3. The molecule has 0 unspecified atom stereocenters. The lowest BCUT2D eigenvalue weighted by molar-refractivity contribution is 0.0878. The summed E-state index contributed by atoms with van der Waals surface area (Å²) in [6.07, 6.45) is 0.703. The quantitative estimate of drug-likeness (QED) is 0.572. The van der Waals surface area contributed by atoms with E-state index in [0.29, 0.717) is 23.6 Å². The number of carboxylic acid groups (broad SMARTS) is 1. The number of hydrogen-bond donors (Lipinski definition) is 5. The minimum absolute atomic E-state index is 0.0151. The van der Waals surface area contributed by atoms with Crippen molar-refractivity contribution in [1.82, 2.24) is 15.6 Å². The largest absolute Gasteiger partial charge is 0.465 e. The molecule has 1 aromatic heterocycles. The van der Waals surface area contributed by atoms with Gasteiger partial charge in [0.05, 0.1) is 6.04 Å². The number of carbonyl (C=O) groups is 2. The highest BCUT2D eigenvalue weighted by molar-refractivity contribution is 6.31. The van der Waals surface area contributed by atoms with Crippen molar-refractivity contribution in [2.24, 2.45) is 5.92 Å². The van der Waals surface area contributed by atoms with Gasteiger partial charge in [-0.3, -0.25) is 4.79 Å². The number of amides is 2. The number of aromatic amines is 1. The van der Waals surface area contributed by atoms with Crippen LogP contribution in [0.1, 0.15) is 29.8 Å². The Bertz CT molecular complexity index is 791. The molecule has 1 heterocycles. The van der Waals surface area contributed by atoms with E-state index in [1.807, 2.05) is 0 Å². The van der Waals surface area contributed by atoms with Crippen LogP contribution >= 0.6 is 11.6 Å². The standard InChI is InChI=1S/C17H20ClN3O4/c18-11-2-4-12-10(6-11)7-15(19-12)16(23)20-13-3-1-9(8-22)5-14(13)21-17(24)25/h2,4,6-7,9,13-14,19,21-22H,1,3,5,8H2,(H,20,23)(H,24,25)/t9-,13+,14+/m0/s1. The summed E-state index contributed by atoms with van der Waals surface area (Å²) in [6, 6.07) is 6.29. The Morgan fingerprint density at radius 1 is 1.20 bits per heavy atom. The molecular formula is C17H20ClN3O4. The zero-order valence-electron chi connectivity index (χ0n) is 13.5. The van der Waals surface area contributed by atoms with Crippen LogP contribution < -0.4 is 10.6 Å². The molecule has 7 nitrogen and oxygen atoms in total. The van der Waals surface area contributed by atoms with Gasteiger partial charge in [-0.2, -0.15) is 0 Å². The monoisotopic (exact) mass is 365 g/mol. The van der Waals surface area contributed by atoms with Gasteiger partial charge in [0.15, 0.2) is 0 Å². The first-order valence-corrected chi connectivity index (χ1v) is 8.53. The zero-order chi connectivity index (χ0) is 18.0. The fraction of sp³-hybridized carbons (Fsp3) is 0.412. The van der Waals surface area contributed by atoms with Gasteiger partial charge in [-0.25, -0.2) is 4.79 Å². The predicted octanol–water partition coefficient (Wildman–Crippen LogP) is 2.35. The van der Waals surface area contributed by atoms with E-state index >= 15 is 0 Å². The van der Waals surface area contributed by atoms with Gasteiger partial charge >= 0.3 is 6.09 Å². The van der Waals surface area contributed by atoms with Gasteiger partial charge in [-0.05, 0) is 49.4 Å². The SMILES string of the molecule is O=C(O)N[C@@H]1C[C@@H](CO)CC[C@H]1NC(=O)c1cc2cc(Cl)ccc2[nH]1. The highest BCUT2D eigenvalue weighted by Gasteiger charge is 2.32. The first-order chi connectivity index (χ1) is 12.0. The smallest absolute Gasteiger partial charge is 0.404 e. The molecule has 0 radical (unpaired) electrons. The van der Waals surface area contributed by atoms with Gasteiger partial charge in [-0.1, -0.05) is 11.6 Å². The van der Waals surface area contributed by atoms with Gasteiger partial charge in [0, 0.05) is 28.6 Å². The van der Waals surface area contributed by atoms with Crippen LogP contribution in [0, 0.1) is 5.92 Å². The summed E-state index contributed by atoms with van der Waals surface area (Å²) in [7, 11) is 0. The van der Waals surface area contributed by atoms with E-state index in [4.69, 9.17) is 16.7 Å². The summed E-state index contributed by atoms with van der Waals surface area (Å²) in [5.74, 6) is -0.253. The summed E-state index contributed by atoms with van der Waals surface area (Å²) in [5.41, 5.74) is 1.20. The molecule has 1 aliphatic rings. The second kappa shape index (κ2) is 7.33. The van der Waals surface area contributed by atoms with Crippen molar-refractivity contribution >= 4 is 34.5 Å². The third-order valence-electron chi connectivity index (χ3n) is 4.67. The van der Waals surface area contributed by atoms with Crippen LogP contribution in [0.3, 0.4) is 0 Å². The van der Waals surface area contributed by atoms with Crippen molar-refractivity contribution in [2.75, 3.05) is 6.61 Å². The van der Waals surface area contributed by atoms with Crippen molar-refractivity contribution in [1.29, 1.82) is 0 Å². The molecule has 8 heteroatoms. The van der Waals surface area contributed by atoms with E-state index in [-0.39, 0.29) is 24.5 Å². The van der Waals surface area contributed by atoms with Crippen LogP contribution in [0.2, 0.25) is 5.02 Å². The number of benzene rings is 1. The summed E-state index contributed by atoms with van der Waals surface area (Å²) in [4.78, 5) is 26.6. The van der Waals surface area contributed by atoms with Crippen molar-refractivity contribution in [3.8, 4) is 0 Å². The molecule has 3 rings (SSSR count). The number of halogens is 1. The van der Waals surface area contributed by atoms with Crippen LogP contribution in [-0.2, 0) is 0 Å². The number of aliphatic hydroxyl groups is 1. The normalized spacial score (nSPS) is 23.4. The summed E-state index contributed by atoms with van der Waals surface area (Å²) >= 11 is 5.96. The lowest BCUT2D eigenvalue weighted by Crippen LogP contribution is -2.54. The second-order valence-corrected chi connectivity index (χ2v) is 6.85. The molecule has 1 saturated carbocycles. The number of carbonyl (C=O) groups excluding carboxylic acids is 1. The molecule has 0 aliphatic heterocycles. The molecule has 2 amide bonds. The molecular weight excluding hydrogens is 346 g/mol. The van der Waals surface area contributed by atoms with Gasteiger partial charge in [0.2, 0.25) is 0 Å². The molecule has 1 fully saturated rings. The maximum Gasteiger partial charge on any atom is 0.404 e. The highest BCUT2D eigenvalue weighted by atomic mass is 35.5. The lowest BCUT2D eigenvalue weighted by atomic mass is 9.82. The van der Waals surface area contributed by atoms with E-state index in [9.17, 15) is 14.7 Å². The van der Waals surface area contributed by atoms with E-state index in [1.54, 1.807) is 24.3 Å². The van der Waals surface area contributed by atoms with Gasteiger partial charge < -0.3 is 25.8 Å². The number of H-pyrrole nitrogens is 1. The van der Waals surface area contributed by atoms with Crippen LogP contribution in [-0.4, -0.2) is 45.9 Å². The minimum Gasteiger partial charge on any atom is -0.465 e. The molecule has 2 aromatic rings. The Hall–Kier alpha value is -2.25. The fourth-order valence-electron chi connectivity index (χ4n) is 3.39. The molecule has 1 aromatic carbocycles. The van der Waals surface area contributed by atoms with Crippen LogP contribution in [0.4, 0.5) is 4.79 Å². The topological polar surface area (TPSA) is 114 Å². The minimum atomic E-state index is -1.14. The van der Waals surface area contributed by atoms with Gasteiger partial charge in [0.25, 0.3) is 5.91 Å². The molecule has 3 atom stereocenters. The van der Waals surface area contributed by atoms with E-state index < -0.39 is 12.1 Å². The summed E-state index contributed by atoms with van der Waals surface area (Å²) in [6.45, 7) is 0.0151. The first-order valence-electron chi connectivity index (χ1n) is 8.15. The molecule has 5 N–H and O–H groups in total. The highest BCUT2D eigenvalue weighted by Crippen LogP contribution is 2.25. The van der Waals surface area contributed by atoms with Crippen molar-refractivity contribution in [2.45, 2.75) is 31.3 Å². The Morgan fingerprint density at radius 3 is 2.72 bits per heavy atom. The first kappa shape index (κ1) is 17.6. The zero-order valence-corrected chi connectivity index (χ0v) is 14.2. The Labute approximate surface area is 149 Å². The summed E-state index contributed by atoms with van der Waals surface area (Å²) < 4.78 is 0. The van der Waals surface area contributed by atoms with E-state index in [0.717, 1.165) is 17.3 Å². The van der Waals surface area contributed by atoms with Gasteiger partial charge in [0.1, 0.15) is 5.69 Å². The van der Waals surface area contributed by atoms with Crippen LogP contribution in [0.25, 0.3) is 10.9 Å². The van der Waals surface area contributed by atoms with Crippen molar-refractivity contribution < 1.29 is 19.8 Å². The molecule has 0 bridgehead atoms. The predicted molar refractivity (Wildman–Crippen MR) is 93.9 cm³/mol. The maximum absolute atomic E-state index is 12.5. The fourth-order valence-corrected chi connectivity index (χ4v) is 3.57. The van der Waals surface area contributed by atoms with Crippen LogP contribution in [0.15, 0.2) is 24.3 Å². The number of hydrogen-bond acceptors (Lipinski definition) is 3. The third kappa shape index (κ3) is 4.05. The Kier molecular flexibility index (Phi) is 5.15. The van der Waals surface area contributed by atoms with Crippen LogP contribution in [0.5, 0.6) is 0 Å². The van der Waals surface area contributed by atoms with Crippen molar-refractivity contribution in [3.63, 3.8) is 0 Å². The average Bonchev–Trinajstić information content (AvgIpc) is 2.99. The molecule has 1 aliphatic carbocycles. The number of aromatic nitrogens is 1. The van der Waals surface area contributed by atoms with Crippen molar-refractivity contribution in [3.05, 3.63) is 35.0 Å². The summed E-state index contributed by atoms with van der Waals surface area (Å²) in [5, 5.41) is 25.1. The van der Waals surface area contributed by atoms with E-state index in [1.165, 1.54) is 0 Å². The maximum atomic E-state index is 12.5. The second-order valence-electron chi connectivity index (χ2n) is 6.41. The Balaban J connectivity index is 1.74. The third-order valence-corrected chi connectivity index (χ3v) is 4.90.